The van der Waals surface area contributed by atoms with Crippen molar-refractivity contribution in [3.63, 3.8) is 0 Å². The number of aromatic nitrogens is 1. The number of pyridine rings is 1. The van der Waals surface area contributed by atoms with Crippen molar-refractivity contribution in [3.05, 3.63) is 83.1 Å². The van der Waals surface area contributed by atoms with Gasteiger partial charge in [0.1, 0.15) is 0 Å². The summed E-state index contributed by atoms with van der Waals surface area (Å²) in [7, 11) is 0. The van der Waals surface area contributed by atoms with E-state index in [2.05, 4.69) is 73.7 Å². The molecule has 0 saturated carbocycles. The fourth-order valence-corrected chi connectivity index (χ4v) is 3.04. The lowest BCUT2D eigenvalue weighted by molar-refractivity contribution is 1.05. The number of para-hydroxylation sites is 1. The molecule has 3 aromatic rings. The average molecular weight is 257 g/mol. The smallest absolute Gasteiger partial charge is 0.0746 e. The van der Waals surface area contributed by atoms with Gasteiger partial charge >= 0.3 is 0 Å². The number of allylic oxidation sites excluding steroid dienone is 1. The van der Waals surface area contributed by atoms with Gasteiger partial charge in [-0.1, -0.05) is 60.7 Å². The van der Waals surface area contributed by atoms with Crippen molar-refractivity contribution >= 4 is 17.0 Å². The second-order valence-electron chi connectivity index (χ2n) is 5.34. The van der Waals surface area contributed by atoms with Crippen molar-refractivity contribution in [2.45, 2.75) is 12.8 Å². The molecule has 4 rings (SSSR count). The lowest BCUT2D eigenvalue weighted by Crippen LogP contribution is -1.98. The van der Waals surface area contributed by atoms with Crippen molar-refractivity contribution in [2.24, 2.45) is 0 Å². The Hall–Kier alpha value is -2.41. The van der Waals surface area contributed by atoms with Gasteiger partial charge in [-0.2, -0.15) is 0 Å². The second-order valence-corrected chi connectivity index (χ2v) is 5.34. The maximum atomic E-state index is 4.76. The molecule has 1 aromatic heterocycles. The Balaban J connectivity index is 1.96. The Morgan fingerprint density at radius 2 is 1.70 bits per heavy atom. The molecular formula is C19H15N. The van der Waals surface area contributed by atoms with E-state index in [1.54, 1.807) is 0 Å². The van der Waals surface area contributed by atoms with Crippen LogP contribution in [0.5, 0.6) is 0 Å². The molecule has 0 radical (unpaired) electrons. The highest BCUT2D eigenvalue weighted by molar-refractivity contribution is 5.84. The van der Waals surface area contributed by atoms with E-state index in [0.717, 1.165) is 11.2 Å². The standard InChI is InChI=1S/C19H15N/c1-13-9-10-15-6-4-8-18(19(15)20-13)17-12-11-14-5-2-3-7-16(14)17/h2-12,17H,1H3. The first-order chi connectivity index (χ1) is 9.83. The molecule has 20 heavy (non-hydrogen) atoms. The number of nitrogens with zero attached hydrogens (tertiary/aromatic N) is 1. The highest BCUT2D eigenvalue weighted by Gasteiger charge is 2.20. The maximum Gasteiger partial charge on any atom is 0.0746 e. The van der Waals surface area contributed by atoms with Crippen molar-refractivity contribution in [3.8, 4) is 0 Å². The molecule has 0 N–H and O–H groups in total. The molecular weight excluding hydrogens is 242 g/mol. The summed E-state index contributed by atoms with van der Waals surface area (Å²) in [4.78, 5) is 4.76. The van der Waals surface area contributed by atoms with Crippen LogP contribution in [-0.2, 0) is 0 Å². The number of aryl methyl sites for hydroxylation is 1. The molecule has 2 aromatic carbocycles. The molecule has 1 heteroatoms. The van der Waals surface area contributed by atoms with Crippen molar-refractivity contribution in [1.29, 1.82) is 0 Å². The molecule has 1 aliphatic rings. The van der Waals surface area contributed by atoms with E-state index in [4.69, 9.17) is 4.98 Å². The summed E-state index contributed by atoms with van der Waals surface area (Å²) in [6.45, 7) is 2.05. The molecule has 1 nitrogen and oxygen atoms in total. The summed E-state index contributed by atoms with van der Waals surface area (Å²) in [5, 5.41) is 1.21. The average Bonchev–Trinajstić information content (AvgIpc) is 2.90. The SMILES string of the molecule is Cc1ccc2cccc(C3C=Cc4ccccc43)c2n1. The first-order valence-electron chi connectivity index (χ1n) is 6.96. The molecule has 0 spiro atoms. The monoisotopic (exact) mass is 257 g/mol. The van der Waals surface area contributed by atoms with Gasteiger partial charge in [-0.05, 0) is 29.7 Å². The normalized spacial score (nSPS) is 16.6. The van der Waals surface area contributed by atoms with E-state index in [9.17, 15) is 0 Å². The summed E-state index contributed by atoms with van der Waals surface area (Å²) in [5.74, 6) is 0.323. The zero-order valence-electron chi connectivity index (χ0n) is 11.4. The lowest BCUT2D eigenvalue weighted by Gasteiger charge is -2.14. The summed E-state index contributed by atoms with van der Waals surface area (Å²) in [5.41, 5.74) is 6.19. The number of hydrogen-bond donors (Lipinski definition) is 0. The molecule has 1 unspecified atom stereocenters. The molecule has 1 atom stereocenters. The van der Waals surface area contributed by atoms with Gasteiger partial charge in [0.05, 0.1) is 5.52 Å². The van der Waals surface area contributed by atoms with Gasteiger partial charge in [0, 0.05) is 17.0 Å². The zero-order valence-corrected chi connectivity index (χ0v) is 11.4. The van der Waals surface area contributed by atoms with Gasteiger partial charge in [0.2, 0.25) is 0 Å². The van der Waals surface area contributed by atoms with Crippen LogP contribution >= 0.6 is 0 Å². The highest BCUT2D eigenvalue weighted by Crippen LogP contribution is 2.37. The molecule has 96 valence electrons. The summed E-state index contributed by atoms with van der Waals surface area (Å²) >= 11 is 0. The second kappa shape index (κ2) is 4.31. The Morgan fingerprint density at radius 3 is 2.65 bits per heavy atom. The van der Waals surface area contributed by atoms with Crippen molar-refractivity contribution in [2.75, 3.05) is 0 Å². The van der Waals surface area contributed by atoms with Crippen molar-refractivity contribution < 1.29 is 0 Å². The molecule has 0 amide bonds. The van der Waals surface area contributed by atoms with E-state index in [0.29, 0.717) is 5.92 Å². The lowest BCUT2D eigenvalue weighted by atomic mass is 9.91. The summed E-state index contributed by atoms with van der Waals surface area (Å²) in [6.07, 6.45) is 4.50. The van der Waals surface area contributed by atoms with Crippen LogP contribution in [0.15, 0.2) is 60.7 Å². The minimum absolute atomic E-state index is 0.323. The van der Waals surface area contributed by atoms with Gasteiger partial charge in [0.15, 0.2) is 0 Å². The van der Waals surface area contributed by atoms with E-state index < -0.39 is 0 Å². The van der Waals surface area contributed by atoms with Crippen LogP contribution in [-0.4, -0.2) is 4.98 Å². The van der Waals surface area contributed by atoms with Crippen LogP contribution < -0.4 is 0 Å². The van der Waals surface area contributed by atoms with E-state index in [1.165, 1.54) is 22.1 Å². The first kappa shape index (κ1) is 11.4. The van der Waals surface area contributed by atoms with E-state index in [1.807, 2.05) is 0 Å². The number of benzene rings is 2. The van der Waals surface area contributed by atoms with Gasteiger partial charge in [-0.3, -0.25) is 4.98 Å². The third-order valence-corrected chi connectivity index (χ3v) is 4.03. The van der Waals surface area contributed by atoms with E-state index in [-0.39, 0.29) is 0 Å². The van der Waals surface area contributed by atoms with Gasteiger partial charge < -0.3 is 0 Å². The van der Waals surface area contributed by atoms with Gasteiger partial charge in [0.25, 0.3) is 0 Å². The van der Waals surface area contributed by atoms with E-state index >= 15 is 0 Å². The van der Waals surface area contributed by atoms with Crippen LogP contribution in [0.1, 0.15) is 28.3 Å². The minimum Gasteiger partial charge on any atom is -0.253 e. The third kappa shape index (κ3) is 1.67. The predicted molar refractivity (Wildman–Crippen MR) is 83.8 cm³/mol. The first-order valence-corrected chi connectivity index (χ1v) is 6.96. The number of fused-ring (bicyclic) bond motifs is 2. The molecule has 0 aliphatic heterocycles. The maximum absolute atomic E-state index is 4.76. The fraction of sp³-hybridized carbons (Fsp3) is 0.105. The summed E-state index contributed by atoms with van der Waals surface area (Å²) < 4.78 is 0. The largest absolute Gasteiger partial charge is 0.253 e. The van der Waals surface area contributed by atoms with Crippen LogP contribution in [0.3, 0.4) is 0 Å². The highest BCUT2D eigenvalue weighted by atomic mass is 14.7. The van der Waals surface area contributed by atoms with Crippen LogP contribution in [0, 0.1) is 6.92 Å². The van der Waals surface area contributed by atoms with Gasteiger partial charge in [-0.25, -0.2) is 0 Å². The molecule has 0 bridgehead atoms. The minimum atomic E-state index is 0.323. The molecule has 1 aliphatic carbocycles. The Bertz CT molecular complexity index is 830. The van der Waals surface area contributed by atoms with Gasteiger partial charge in [-0.15, -0.1) is 0 Å². The van der Waals surface area contributed by atoms with Crippen LogP contribution in [0.25, 0.3) is 17.0 Å². The van der Waals surface area contributed by atoms with Crippen LogP contribution in [0.4, 0.5) is 0 Å². The fourth-order valence-electron chi connectivity index (χ4n) is 3.04. The molecule has 0 saturated heterocycles. The summed E-state index contributed by atoms with van der Waals surface area (Å²) in [6, 6.07) is 19.3. The molecule has 1 heterocycles. The quantitative estimate of drug-likeness (QED) is 0.615. The Labute approximate surface area is 118 Å². The van der Waals surface area contributed by atoms with Crippen molar-refractivity contribution in [1.82, 2.24) is 4.98 Å². The number of hydrogen-bond acceptors (Lipinski definition) is 1. The third-order valence-electron chi connectivity index (χ3n) is 4.03. The number of rotatable bonds is 1. The Kier molecular flexibility index (Phi) is 2.46. The Morgan fingerprint density at radius 1 is 0.850 bits per heavy atom. The topological polar surface area (TPSA) is 12.9 Å². The van der Waals surface area contributed by atoms with Crippen LogP contribution in [0.2, 0.25) is 0 Å². The molecule has 0 fully saturated rings. The predicted octanol–water partition coefficient (Wildman–Crippen LogP) is 4.70. The zero-order chi connectivity index (χ0) is 13.5.